The van der Waals surface area contributed by atoms with Gasteiger partial charge in [0.2, 0.25) is 17.7 Å². The van der Waals surface area contributed by atoms with Crippen LogP contribution in [0.15, 0.2) is 48.8 Å². The van der Waals surface area contributed by atoms with Crippen LogP contribution in [0.5, 0.6) is 5.75 Å². The maximum Gasteiger partial charge on any atom is 0.323 e. The van der Waals surface area contributed by atoms with E-state index >= 15 is 0 Å². The molecule has 43 heavy (non-hydrogen) atoms. The van der Waals surface area contributed by atoms with Crippen LogP contribution < -0.4 is 9.64 Å². The fourth-order valence-electron chi connectivity index (χ4n) is 5.50. The minimum absolute atomic E-state index is 0.00524. The first-order chi connectivity index (χ1) is 20.7. The highest BCUT2D eigenvalue weighted by molar-refractivity contribution is 5.95. The normalized spacial score (nSPS) is 17.8. The summed E-state index contributed by atoms with van der Waals surface area (Å²) < 4.78 is 10.0. The van der Waals surface area contributed by atoms with E-state index in [9.17, 15) is 29.1 Å². The maximum absolute atomic E-state index is 14.1. The summed E-state index contributed by atoms with van der Waals surface area (Å²) in [4.78, 5) is 74.9. The third kappa shape index (κ3) is 7.99. The summed E-state index contributed by atoms with van der Waals surface area (Å²) in [6.07, 6.45) is 3.16. The Morgan fingerprint density at radius 2 is 1.63 bits per heavy atom. The molecule has 2 saturated heterocycles. The summed E-state index contributed by atoms with van der Waals surface area (Å²) in [6.45, 7) is 1.72. The number of rotatable bonds is 11. The van der Waals surface area contributed by atoms with Gasteiger partial charge in [0.1, 0.15) is 18.3 Å². The van der Waals surface area contributed by atoms with Gasteiger partial charge in [-0.2, -0.15) is 0 Å². The highest BCUT2D eigenvalue weighted by atomic mass is 16.5. The van der Waals surface area contributed by atoms with Gasteiger partial charge in [0.25, 0.3) is 0 Å². The van der Waals surface area contributed by atoms with Crippen LogP contribution in [0.1, 0.15) is 18.4 Å². The van der Waals surface area contributed by atoms with Crippen molar-refractivity contribution in [3.05, 3.63) is 54.4 Å². The second-order valence-corrected chi connectivity index (χ2v) is 10.5. The number of anilines is 1. The summed E-state index contributed by atoms with van der Waals surface area (Å²) in [5.74, 6) is -3.35. The number of nitrogens with zero attached hydrogens (tertiary/aromatic N) is 5. The molecule has 13 heteroatoms. The molecule has 2 aliphatic rings. The summed E-state index contributed by atoms with van der Waals surface area (Å²) >= 11 is 0. The van der Waals surface area contributed by atoms with E-state index in [4.69, 9.17) is 9.47 Å². The molecule has 0 saturated carbocycles. The van der Waals surface area contributed by atoms with Gasteiger partial charge in [-0.1, -0.05) is 12.1 Å². The van der Waals surface area contributed by atoms with Crippen molar-refractivity contribution in [3.8, 4) is 5.75 Å². The third-order valence-corrected chi connectivity index (χ3v) is 7.85. The third-order valence-electron chi connectivity index (χ3n) is 7.85. The van der Waals surface area contributed by atoms with Crippen molar-refractivity contribution in [3.63, 3.8) is 0 Å². The smallest absolute Gasteiger partial charge is 0.323 e. The number of ether oxygens (including phenoxy) is 2. The van der Waals surface area contributed by atoms with E-state index in [-0.39, 0.29) is 31.8 Å². The predicted molar refractivity (Wildman–Crippen MR) is 154 cm³/mol. The van der Waals surface area contributed by atoms with Crippen molar-refractivity contribution in [1.29, 1.82) is 0 Å². The number of methoxy groups -OCH3 is 2. The number of aromatic nitrogens is 1. The molecule has 2 aliphatic heterocycles. The van der Waals surface area contributed by atoms with Crippen molar-refractivity contribution in [2.24, 2.45) is 5.92 Å². The van der Waals surface area contributed by atoms with Gasteiger partial charge in [0, 0.05) is 63.8 Å². The molecule has 3 heterocycles. The Morgan fingerprint density at radius 1 is 0.953 bits per heavy atom. The van der Waals surface area contributed by atoms with Gasteiger partial charge in [0.15, 0.2) is 0 Å². The van der Waals surface area contributed by atoms with Crippen LogP contribution in [0.4, 0.5) is 5.69 Å². The van der Waals surface area contributed by atoms with E-state index in [0.29, 0.717) is 31.9 Å². The molecule has 2 atom stereocenters. The zero-order chi connectivity index (χ0) is 30.9. The van der Waals surface area contributed by atoms with Crippen LogP contribution in [-0.2, 0) is 35.1 Å². The van der Waals surface area contributed by atoms with E-state index in [2.05, 4.69) is 9.88 Å². The topological polar surface area (TPSA) is 150 Å². The number of carbonyl (C=O) groups excluding carboxylic acids is 4. The summed E-state index contributed by atoms with van der Waals surface area (Å²) in [7, 11) is 2.73. The predicted octanol–water partition coefficient (Wildman–Crippen LogP) is 0.675. The first kappa shape index (κ1) is 31.3. The number of benzene rings is 1. The second kappa shape index (κ2) is 14.5. The van der Waals surface area contributed by atoms with Gasteiger partial charge in [0.05, 0.1) is 26.6 Å². The van der Waals surface area contributed by atoms with Crippen molar-refractivity contribution < 1.29 is 38.6 Å². The molecular weight excluding hydrogens is 558 g/mol. The first-order valence-electron chi connectivity index (χ1n) is 14.1. The first-order valence-corrected chi connectivity index (χ1v) is 14.1. The number of hydrogen-bond donors (Lipinski definition) is 1. The van der Waals surface area contributed by atoms with Gasteiger partial charge in [-0.15, -0.1) is 0 Å². The van der Waals surface area contributed by atoms with Gasteiger partial charge in [-0.3, -0.25) is 29.0 Å². The summed E-state index contributed by atoms with van der Waals surface area (Å²) in [6, 6.07) is 9.78. The lowest BCUT2D eigenvalue weighted by atomic mass is 9.92. The molecule has 3 amide bonds. The number of carboxylic acids is 1. The fraction of sp³-hybridized carbons (Fsp3) is 0.467. The molecule has 230 valence electrons. The average molecular weight is 596 g/mol. The molecule has 4 rings (SSSR count). The maximum atomic E-state index is 14.1. The molecule has 0 aliphatic carbocycles. The Balaban J connectivity index is 1.53. The molecule has 1 aromatic carbocycles. The van der Waals surface area contributed by atoms with E-state index in [1.165, 1.54) is 12.0 Å². The Bertz CT molecular complexity index is 1300. The Morgan fingerprint density at radius 3 is 2.23 bits per heavy atom. The SMILES string of the molecule is COC(=O)CC1C(=O)N(CC(=O)O)CCN1C(=O)C(CC(=O)N1CCN(c2ccncc2)CC1)Cc1ccc(OC)cc1. The molecule has 1 aromatic heterocycles. The van der Waals surface area contributed by atoms with Crippen molar-refractivity contribution in [2.45, 2.75) is 25.3 Å². The van der Waals surface area contributed by atoms with Crippen LogP contribution in [0.3, 0.4) is 0 Å². The van der Waals surface area contributed by atoms with Crippen LogP contribution in [-0.4, -0.2) is 121 Å². The standard InChI is InChI=1S/C30H37N5O8/c1-42-24-5-3-21(4-6-24)17-22(18-26(36)33-13-11-32(12-14-33)23-7-9-31-10-8-23)29(40)35-16-15-34(20-27(37)38)30(41)25(35)19-28(39)43-2/h3-10,22,25H,11-20H2,1-2H3,(H,37,38). The molecule has 0 radical (unpaired) electrons. The fourth-order valence-corrected chi connectivity index (χ4v) is 5.50. The van der Waals surface area contributed by atoms with Crippen LogP contribution in [0.2, 0.25) is 0 Å². The van der Waals surface area contributed by atoms with E-state index in [1.54, 1.807) is 36.5 Å². The molecular formula is C30H37N5O8. The lowest BCUT2D eigenvalue weighted by Gasteiger charge is -2.41. The number of amides is 3. The number of carboxylic acid groups (broad SMARTS) is 1. The highest BCUT2D eigenvalue weighted by Crippen LogP contribution is 2.25. The molecule has 2 aromatic rings. The average Bonchev–Trinajstić information content (AvgIpc) is 3.03. The van der Waals surface area contributed by atoms with Crippen molar-refractivity contribution in [1.82, 2.24) is 19.7 Å². The van der Waals surface area contributed by atoms with Crippen molar-refractivity contribution >= 4 is 35.3 Å². The van der Waals surface area contributed by atoms with Gasteiger partial charge in [-0.25, -0.2) is 0 Å². The van der Waals surface area contributed by atoms with Crippen LogP contribution in [0.25, 0.3) is 0 Å². The van der Waals surface area contributed by atoms with Gasteiger partial charge in [-0.05, 0) is 36.2 Å². The minimum atomic E-state index is -1.23. The monoisotopic (exact) mass is 595 g/mol. The zero-order valence-corrected chi connectivity index (χ0v) is 24.4. The van der Waals surface area contributed by atoms with Gasteiger partial charge >= 0.3 is 11.9 Å². The summed E-state index contributed by atoms with van der Waals surface area (Å²) in [5, 5.41) is 9.24. The Kier molecular flexibility index (Phi) is 10.5. The van der Waals surface area contributed by atoms with E-state index in [1.807, 2.05) is 24.3 Å². The molecule has 2 fully saturated rings. The largest absolute Gasteiger partial charge is 0.497 e. The van der Waals surface area contributed by atoms with E-state index in [0.717, 1.165) is 16.2 Å². The molecule has 13 nitrogen and oxygen atoms in total. The molecule has 2 unspecified atom stereocenters. The van der Waals surface area contributed by atoms with Crippen LogP contribution >= 0.6 is 0 Å². The molecule has 1 N–H and O–H groups in total. The minimum Gasteiger partial charge on any atom is -0.497 e. The number of hydrogen-bond acceptors (Lipinski definition) is 9. The Hall–Kier alpha value is -4.68. The quantitative estimate of drug-likeness (QED) is 0.368. The van der Waals surface area contributed by atoms with Gasteiger partial charge < -0.3 is 34.2 Å². The van der Waals surface area contributed by atoms with E-state index < -0.39 is 48.7 Å². The highest BCUT2D eigenvalue weighted by Gasteiger charge is 2.42. The number of pyridine rings is 1. The Labute approximate surface area is 249 Å². The molecule has 0 spiro atoms. The van der Waals surface area contributed by atoms with Crippen molar-refractivity contribution in [2.75, 3.05) is 64.9 Å². The lowest BCUT2D eigenvalue weighted by molar-refractivity contribution is -0.160. The number of esters is 1. The zero-order valence-electron chi connectivity index (χ0n) is 24.4. The van der Waals surface area contributed by atoms with Crippen LogP contribution in [0, 0.1) is 5.92 Å². The lowest BCUT2D eigenvalue weighted by Crippen LogP contribution is -2.61. The second-order valence-electron chi connectivity index (χ2n) is 10.5. The molecule has 0 bridgehead atoms. The number of piperazine rings is 2. The number of aliphatic carboxylic acids is 1. The summed E-state index contributed by atoms with van der Waals surface area (Å²) in [5.41, 5.74) is 1.83. The number of carbonyl (C=O) groups is 5.